The van der Waals surface area contributed by atoms with Crippen LogP contribution in [0.3, 0.4) is 0 Å². The van der Waals surface area contributed by atoms with Crippen LogP contribution in [0.2, 0.25) is 0 Å². The van der Waals surface area contributed by atoms with Crippen LogP contribution in [0.4, 0.5) is 10.5 Å². The van der Waals surface area contributed by atoms with Crippen LogP contribution in [-0.4, -0.2) is 34.8 Å². The van der Waals surface area contributed by atoms with Gasteiger partial charge in [0.05, 0.1) is 5.69 Å². The van der Waals surface area contributed by atoms with E-state index in [4.69, 9.17) is 4.74 Å². The Hall–Kier alpha value is -3.35. The first-order valence-electron chi connectivity index (χ1n) is 9.83. The van der Waals surface area contributed by atoms with E-state index in [1.54, 1.807) is 24.3 Å². The maximum Gasteiger partial charge on any atom is 0.325 e. The highest BCUT2D eigenvalue weighted by molar-refractivity contribution is 6.10. The number of carbonyl (C=O) groups is 3. The van der Waals surface area contributed by atoms with Crippen molar-refractivity contribution in [2.45, 2.75) is 37.6 Å². The molecule has 0 aromatic heterocycles. The zero-order valence-corrected chi connectivity index (χ0v) is 16.0. The van der Waals surface area contributed by atoms with Gasteiger partial charge >= 0.3 is 6.03 Å². The summed E-state index contributed by atoms with van der Waals surface area (Å²) in [5, 5.41) is 5.57. The average Bonchev–Trinajstić information content (AvgIpc) is 2.95. The van der Waals surface area contributed by atoms with E-state index in [1.165, 1.54) is 0 Å². The number of nitrogens with one attached hydrogen (secondary N) is 2. The number of hydrogen-bond acceptors (Lipinski definition) is 4. The van der Waals surface area contributed by atoms with Gasteiger partial charge in [0.15, 0.2) is 5.75 Å². The largest absolute Gasteiger partial charge is 0.455 e. The van der Waals surface area contributed by atoms with E-state index in [-0.39, 0.29) is 12.5 Å². The van der Waals surface area contributed by atoms with Crippen LogP contribution in [0, 0.1) is 0 Å². The van der Waals surface area contributed by atoms with Crippen molar-refractivity contribution in [3.05, 3.63) is 54.6 Å². The van der Waals surface area contributed by atoms with Crippen LogP contribution in [0.5, 0.6) is 11.5 Å². The van der Waals surface area contributed by atoms with Gasteiger partial charge in [-0.2, -0.15) is 0 Å². The normalized spacial score (nSPS) is 17.9. The zero-order valence-electron chi connectivity index (χ0n) is 16.0. The fraction of sp³-hybridized carbons (Fsp3) is 0.318. The molecule has 2 N–H and O–H groups in total. The molecule has 2 aromatic rings. The molecule has 2 aliphatic rings. The lowest BCUT2D eigenvalue weighted by Crippen LogP contribution is -2.48. The van der Waals surface area contributed by atoms with Crippen molar-refractivity contribution in [1.29, 1.82) is 0 Å². The van der Waals surface area contributed by atoms with E-state index in [0.717, 1.165) is 24.2 Å². The summed E-state index contributed by atoms with van der Waals surface area (Å²) in [5.41, 5.74) is -0.356. The molecule has 4 rings (SSSR count). The van der Waals surface area contributed by atoms with Gasteiger partial charge in [-0.3, -0.25) is 14.5 Å². The molecule has 1 aliphatic carbocycles. The minimum atomic E-state index is -0.829. The Morgan fingerprint density at radius 2 is 1.69 bits per heavy atom. The molecule has 2 aromatic carbocycles. The standard InChI is InChI=1S/C22H23N3O4/c26-19(15-25-20(27)22(24-21(25)28)13-7-2-8-14-22)23-17-11-5-6-12-18(17)29-16-9-3-1-4-10-16/h1,3-6,9-12H,2,7-8,13-15H2,(H,23,26)(H,24,28). The highest BCUT2D eigenvalue weighted by Crippen LogP contribution is 2.34. The SMILES string of the molecule is O=C(CN1C(=O)NC2(CCCCC2)C1=O)Nc1ccccc1Oc1ccccc1. The first-order valence-corrected chi connectivity index (χ1v) is 9.83. The Morgan fingerprint density at radius 1 is 1.00 bits per heavy atom. The van der Waals surface area contributed by atoms with E-state index in [2.05, 4.69) is 10.6 Å². The molecule has 4 amide bonds. The number of benzene rings is 2. The lowest BCUT2D eigenvalue weighted by molar-refractivity contribution is -0.134. The predicted octanol–water partition coefficient (Wildman–Crippen LogP) is 3.67. The van der Waals surface area contributed by atoms with Gasteiger partial charge in [0.2, 0.25) is 5.91 Å². The van der Waals surface area contributed by atoms with Gasteiger partial charge in [-0.15, -0.1) is 0 Å². The zero-order chi connectivity index (χ0) is 20.3. The summed E-state index contributed by atoms with van der Waals surface area (Å²) in [6.45, 7) is -0.327. The third-order valence-electron chi connectivity index (χ3n) is 5.39. The molecular weight excluding hydrogens is 370 g/mol. The molecule has 1 saturated carbocycles. The quantitative estimate of drug-likeness (QED) is 0.759. The summed E-state index contributed by atoms with van der Waals surface area (Å²) in [6, 6.07) is 15.8. The van der Waals surface area contributed by atoms with Crippen LogP contribution in [0.1, 0.15) is 32.1 Å². The van der Waals surface area contributed by atoms with Gasteiger partial charge in [-0.25, -0.2) is 4.79 Å². The number of para-hydroxylation sites is 3. The fourth-order valence-corrected chi connectivity index (χ4v) is 3.92. The molecule has 7 nitrogen and oxygen atoms in total. The van der Waals surface area contributed by atoms with Crippen molar-refractivity contribution in [2.75, 3.05) is 11.9 Å². The molecule has 0 bridgehead atoms. The number of hydrogen-bond donors (Lipinski definition) is 2. The summed E-state index contributed by atoms with van der Waals surface area (Å²) >= 11 is 0. The maximum atomic E-state index is 12.8. The second kappa shape index (κ2) is 7.95. The van der Waals surface area contributed by atoms with Gasteiger partial charge < -0.3 is 15.4 Å². The lowest BCUT2D eigenvalue weighted by atomic mass is 9.82. The summed E-state index contributed by atoms with van der Waals surface area (Å²) in [5.74, 6) is 0.368. The third-order valence-corrected chi connectivity index (χ3v) is 5.39. The monoisotopic (exact) mass is 393 g/mol. The highest BCUT2D eigenvalue weighted by atomic mass is 16.5. The average molecular weight is 393 g/mol. The van der Waals surface area contributed by atoms with Crippen LogP contribution in [-0.2, 0) is 9.59 Å². The molecule has 1 aliphatic heterocycles. The Labute approximate surface area is 169 Å². The van der Waals surface area contributed by atoms with Crippen molar-refractivity contribution in [3.8, 4) is 11.5 Å². The molecule has 1 heterocycles. The van der Waals surface area contributed by atoms with Crippen LogP contribution < -0.4 is 15.4 Å². The molecule has 150 valence electrons. The molecule has 7 heteroatoms. The predicted molar refractivity (Wildman–Crippen MR) is 108 cm³/mol. The van der Waals surface area contributed by atoms with Crippen LogP contribution >= 0.6 is 0 Å². The number of imide groups is 1. The first-order chi connectivity index (χ1) is 14.1. The lowest BCUT2D eigenvalue weighted by Gasteiger charge is -2.30. The summed E-state index contributed by atoms with van der Waals surface area (Å²) in [6.07, 6.45) is 4.11. The molecule has 0 radical (unpaired) electrons. The number of ether oxygens (including phenoxy) is 1. The van der Waals surface area contributed by atoms with Crippen molar-refractivity contribution in [2.24, 2.45) is 0 Å². The van der Waals surface area contributed by atoms with Crippen LogP contribution in [0.25, 0.3) is 0 Å². The van der Waals surface area contributed by atoms with Crippen molar-refractivity contribution in [1.82, 2.24) is 10.2 Å². The Morgan fingerprint density at radius 3 is 2.45 bits per heavy atom. The van der Waals surface area contributed by atoms with Gasteiger partial charge in [-0.1, -0.05) is 49.6 Å². The molecule has 29 heavy (non-hydrogen) atoms. The van der Waals surface area contributed by atoms with Gasteiger partial charge in [0.25, 0.3) is 5.91 Å². The summed E-state index contributed by atoms with van der Waals surface area (Å²) in [4.78, 5) is 38.8. The van der Waals surface area contributed by atoms with Crippen molar-refractivity contribution < 1.29 is 19.1 Å². The minimum Gasteiger partial charge on any atom is -0.455 e. The fourth-order valence-electron chi connectivity index (χ4n) is 3.92. The Bertz CT molecular complexity index is 923. The summed E-state index contributed by atoms with van der Waals surface area (Å²) in [7, 11) is 0. The maximum absolute atomic E-state index is 12.8. The number of amides is 4. The molecule has 2 fully saturated rings. The van der Waals surface area contributed by atoms with E-state index < -0.39 is 17.5 Å². The van der Waals surface area contributed by atoms with Crippen LogP contribution in [0.15, 0.2) is 54.6 Å². The topological polar surface area (TPSA) is 87.7 Å². The van der Waals surface area contributed by atoms with Crippen molar-refractivity contribution in [3.63, 3.8) is 0 Å². The number of nitrogens with zero attached hydrogens (tertiary/aromatic N) is 1. The molecular formula is C22H23N3O4. The highest BCUT2D eigenvalue weighted by Gasteiger charge is 2.51. The molecule has 0 atom stereocenters. The van der Waals surface area contributed by atoms with E-state index in [0.29, 0.717) is 30.0 Å². The Kier molecular flexibility index (Phi) is 5.20. The van der Waals surface area contributed by atoms with E-state index in [9.17, 15) is 14.4 Å². The molecule has 1 spiro atoms. The van der Waals surface area contributed by atoms with Gasteiger partial charge in [0.1, 0.15) is 17.8 Å². The first kappa shape index (κ1) is 19.0. The second-order valence-electron chi connectivity index (χ2n) is 7.42. The van der Waals surface area contributed by atoms with Crippen molar-refractivity contribution >= 4 is 23.5 Å². The third kappa shape index (κ3) is 3.94. The summed E-state index contributed by atoms with van der Waals surface area (Å²) < 4.78 is 5.84. The van der Waals surface area contributed by atoms with E-state index in [1.807, 2.05) is 30.3 Å². The number of rotatable bonds is 5. The van der Waals surface area contributed by atoms with E-state index >= 15 is 0 Å². The minimum absolute atomic E-state index is 0.300. The smallest absolute Gasteiger partial charge is 0.325 e. The molecule has 0 unspecified atom stereocenters. The Balaban J connectivity index is 1.44. The second-order valence-corrected chi connectivity index (χ2v) is 7.42. The number of anilines is 1. The van der Waals surface area contributed by atoms with Gasteiger partial charge in [0, 0.05) is 0 Å². The molecule has 1 saturated heterocycles. The number of urea groups is 1. The van der Waals surface area contributed by atoms with Gasteiger partial charge in [-0.05, 0) is 37.1 Å². The number of carbonyl (C=O) groups excluding carboxylic acids is 3.